The summed E-state index contributed by atoms with van der Waals surface area (Å²) in [6.45, 7) is 6.77. The fourth-order valence-corrected chi connectivity index (χ4v) is 3.43. The lowest BCUT2D eigenvalue weighted by molar-refractivity contribution is 0.148. The van der Waals surface area contributed by atoms with Crippen molar-refractivity contribution >= 4 is 0 Å². The highest BCUT2D eigenvalue weighted by Gasteiger charge is 2.34. The summed E-state index contributed by atoms with van der Waals surface area (Å²) in [5, 5.41) is 0. The second kappa shape index (κ2) is 5.26. The summed E-state index contributed by atoms with van der Waals surface area (Å²) >= 11 is 0. The van der Waals surface area contributed by atoms with Gasteiger partial charge in [0.2, 0.25) is 0 Å². The average molecular weight is 258 g/mol. The van der Waals surface area contributed by atoms with Gasteiger partial charge < -0.3 is 5.73 Å². The van der Waals surface area contributed by atoms with E-state index >= 15 is 0 Å². The van der Waals surface area contributed by atoms with E-state index in [4.69, 9.17) is 5.73 Å². The van der Waals surface area contributed by atoms with Crippen LogP contribution in [0.15, 0.2) is 18.2 Å². The first-order valence-corrected chi connectivity index (χ1v) is 7.67. The van der Waals surface area contributed by atoms with Crippen molar-refractivity contribution in [2.24, 2.45) is 11.7 Å². The number of aryl methyl sites for hydroxylation is 2. The van der Waals surface area contributed by atoms with Crippen LogP contribution in [0.5, 0.6) is 0 Å². The Morgan fingerprint density at radius 2 is 1.95 bits per heavy atom. The molecule has 2 N–H and O–H groups in total. The van der Waals surface area contributed by atoms with Gasteiger partial charge in [0.1, 0.15) is 0 Å². The Balaban J connectivity index is 1.65. The third-order valence-electron chi connectivity index (χ3n) is 4.76. The molecule has 1 aromatic carbocycles. The minimum atomic E-state index is 0.380. The minimum absolute atomic E-state index is 0.380. The first-order chi connectivity index (χ1) is 9.11. The summed E-state index contributed by atoms with van der Waals surface area (Å²) in [4.78, 5) is 2.64. The average Bonchev–Trinajstić information content (AvgIpc) is 3.17. The van der Waals surface area contributed by atoms with Crippen LogP contribution in [0, 0.1) is 19.8 Å². The van der Waals surface area contributed by atoms with Crippen LogP contribution in [-0.2, 0) is 6.42 Å². The molecule has 2 unspecified atom stereocenters. The molecule has 0 bridgehead atoms. The van der Waals surface area contributed by atoms with Crippen molar-refractivity contribution in [3.63, 3.8) is 0 Å². The molecule has 2 nitrogen and oxygen atoms in total. The van der Waals surface area contributed by atoms with Crippen LogP contribution in [-0.4, -0.2) is 30.1 Å². The molecule has 1 aliphatic carbocycles. The zero-order valence-corrected chi connectivity index (χ0v) is 12.2. The van der Waals surface area contributed by atoms with E-state index in [0.717, 1.165) is 18.5 Å². The molecule has 1 aliphatic heterocycles. The predicted molar refractivity (Wildman–Crippen MR) is 80.3 cm³/mol. The van der Waals surface area contributed by atoms with Crippen LogP contribution < -0.4 is 5.73 Å². The van der Waals surface area contributed by atoms with Crippen molar-refractivity contribution in [2.45, 2.75) is 51.6 Å². The van der Waals surface area contributed by atoms with Gasteiger partial charge in [0.05, 0.1) is 0 Å². The molecule has 1 aromatic rings. The Hall–Kier alpha value is -0.860. The molecule has 2 fully saturated rings. The number of nitrogens with two attached hydrogens (primary N) is 1. The Labute approximate surface area is 117 Å². The van der Waals surface area contributed by atoms with Crippen molar-refractivity contribution in [3.8, 4) is 0 Å². The van der Waals surface area contributed by atoms with Crippen molar-refractivity contribution in [1.82, 2.24) is 4.90 Å². The Morgan fingerprint density at radius 1 is 1.16 bits per heavy atom. The summed E-state index contributed by atoms with van der Waals surface area (Å²) < 4.78 is 0. The molecule has 3 rings (SSSR count). The van der Waals surface area contributed by atoms with Crippen LogP contribution in [0.2, 0.25) is 0 Å². The van der Waals surface area contributed by atoms with Crippen molar-refractivity contribution in [2.75, 3.05) is 13.1 Å². The van der Waals surface area contributed by atoms with Crippen LogP contribution >= 0.6 is 0 Å². The normalized spacial score (nSPS) is 28.6. The van der Waals surface area contributed by atoms with Gasteiger partial charge in [-0.3, -0.25) is 4.90 Å². The minimum Gasteiger partial charge on any atom is -0.327 e. The zero-order chi connectivity index (χ0) is 13.4. The van der Waals surface area contributed by atoms with Gasteiger partial charge in [0.15, 0.2) is 0 Å². The quantitative estimate of drug-likeness (QED) is 0.903. The summed E-state index contributed by atoms with van der Waals surface area (Å²) in [5.41, 5.74) is 10.5. The van der Waals surface area contributed by atoms with E-state index in [0.29, 0.717) is 6.04 Å². The van der Waals surface area contributed by atoms with E-state index in [2.05, 4.69) is 36.9 Å². The van der Waals surface area contributed by atoms with Crippen LogP contribution in [0.1, 0.15) is 36.0 Å². The van der Waals surface area contributed by atoms with Crippen LogP contribution in [0.4, 0.5) is 0 Å². The predicted octanol–water partition coefficient (Wildman–Crippen LogP) is 2.66. The Kier molecular flexibility index (Phi) is 3.64. The van der Waals surface area contributed by atoms with Crippen molar-refractivity contribution in [1.29, 1.82) is 0 Å². The third-order valence-corrected chi connectivity index (χ3v) is 4.76. The van der Waals surface area contributed by atoms with E-state index in [1.54, 1.807) is 0 Å². The van der Waals surface area contributed by atoms with Crippen LogP contribution in [0.3, 0.4) is 0 Å². The summed E-state index contributed by atoms with van der Waals surface area (Å²) in [6.07, 6.45) is 5.17. The number of nitrogens with zero attached hydrogens (tertiary/aromatic N) is 1. The summed E-state index contributed by atoms with van der Waals surface area (Å²) in [7, 11) is 0. The second-order valence-electron chi connectivity index (χ2n) is 6.67. The lowest BCUT2D eigenvalue weighted by atomic mass is 9.88. The molecule has 2 aliphatic rings. The molecule has 2 atom stereocenters. The highest BCUT2D eigenvalue weighted by Crippen LogP contribution is 2.31. The first-order valence-electron chi connectivity index (χ1n) is 7.67. The number of likely N-dealkylation sites (tertiary alicyclic amines) is 1. The standard InChI is InChI=1S/C17H26N2/c1-12-3-4-14(7-13(12)2)8-15-9-16(18)11-19(10-15)17-5-6-17/h3-4,7,15-17H,5-6,8-11,18H2,1-2H3. The van der Waals surface area contributed by atoms with E-state index in [1.807, 2.05) is 0 Å². The highest BCUT2D eigenvalue weighted by atomic mass is 15.2. The van der Waals surface area contributed by atoms with Gasteiger partial charge in [0, 0.05) is 25.2 Å². The molecule has 1 saturated heterocycles. The second-order valence-corrected chi connectivity index (χ2v) is 6.67. The van der Waals surface area contributed by atoms with Gasteiger partial charge >= 0.3 is 0 Å². The molecular weight excluding hydrogens is 232 g/mol. The van der Waals surface area contributed by atoms with E-state index in [-0.39, 0.29) is 0 Å². The number of hydrogen-bond donors (Lipinski definition) is 1. The number of rotatable bonds is 3. The van der Waals surface area contributed by atoms with Crippen LogP contribution in [0.25, 0.3) is 0 Å². The lowest BCUT2D eigenvalue weighted by Crippen LogP contribution is -2.48. The Bertz CT molecular complexity index is 451. The largest absolute Gasteiger partial charge is 0.327 e. The van der Waals surface area contributed by atoms with Gasteiger partial charge in [-0.1, -0.05) is 18.2 Å². The maximum absolute atomic E-state index is 6.25. The van der Waals surface area contributed by atoms with Gasteiger partial charge in [-0.25, -0.2) is 0 Å². The van der Waals surface area contributed by atoms with Crippen molar-refractivity contribution in [3.05, 3.63) is 34.9 Å². The smallest absolute Gasteiger partial charge is 0.0171 e. The van der Waals surface area contributed by atoms with Gasteiger partial charge in [0.25, 0.3) is 0 Å². The molecule has 1 heterocycles. The third kappa shape index (κ3) is 3.18. The molecule has 0 aromatic heterocycles. The van der Waals surface area contributed by atoms with Gasteiger partial charge in [-0.2, -0.15) is 0 Å². The fourth-order valence-electron chi connectivity index (χ4n) is 3.43. The molecule has 0 radical (unpaired) electrons. The maximum Gasteiger partial charge on any atom is 0.0171 e. The Morgan fingerprint density at radius 3 is 2.63 bits per heavy atom. The molecule has 1 saturated carbocycles. The fraction of sp³-hybridized carbons (Fsp3) is 0.647. The van der Waals surface area contributed by atoms with E-state index in [1.165, 1.54) is 48.9 Å². The van der Waals surface area contributed by atoms with Crippen molar-refractivity contribution < 1.29 is 0 Å². The first kappa shape index (κ1) is 13.1. The topological polar surface area (TPSA) is 29.3 Å². The molecular formula is C17H26N2. The number of hydrogen-bond acceptors (Lipinski definition) is 2. The highest BCUT2D eigenvalue weighted by molar-refractivity contribution is 5.30. The number of piperidine rings is 1. The lowest BCUT2D eigenvalue weighted by Gasteiger charge is -2.36. The molecule has 19 heavy (non-hydrogen) atoms. The molecule has 104 valence electrons. The van der Waals surface area contributed by atoms with Gasteiger partial charge in [-0.15, -0.1) is 0 Å². The van der Waals surface area contributed by atoms with E-state index < -0.39 is 0 Å². The number of benzene rings is 1. The maximum atomic E-state index is 6.25. The summed E-state index contributed by atoms with van der Waals surface area (Å²) in [5.74, 6) is 0.742. The SMILES string of the molecule is Cc1ccc(CC2CC(N)CN(C3CC3)C2)cc1C. The van der Waals surface area contributed by atoms with E-state index in [9.17, 15) is 0 Å². The monoisotopic (exact) mass is 258 g/mol. The zero-order valence-electron chi connectivity index (χ0n) is 12.2. The molecule has 0 amide bonds. The summed E-state index contributed by atoms with van der Waals surface area (Å²) in [6, 6.07) is 8.15. The van der Waals surface area contributed by atoms with Gasteiger partial charge in [-0.05, 0) is 62.1 Å². The molecule has 0 spiro atoms. The molecule has 2 heteroatoms.